The van der Waals surface area contributed by atoms with Gasteiger partial charge in [0.15, 0.2) is 4.32 Å². The maximum atomic E-state index is 13.2. The van der Waals surface area contributed by atoms with Crippen LogP contribution in [-0.2, 0) is 11.3 Å². The molecule has 1 aromatic heterocycles. The maximum Gasteiger partial charge on any atom is 0.270 e. The van der Waals surface area contributed by atoms with Crippen LogP contribution in [0.2, 0.25) is 0 Å². The molecule has 1 saturated heterocycles. The Kier molecular flexibility index (Phi) is 7.25. The van der Waals surface area contributed by atoms with Gasteiger partial charge in [0.1, 0.15) is 12.4 Å². The fraction of sp³-hybridized carbons (Fsp3) is 0.200. The SMILES string of the molecule is CCC(C)c1ccc(OCCn2cc(/C=C3/SC(=S)N(c4ccccc4)C3=O)c3ccccc32)cc1. The Morgan fingerprint density at radius 1 is 1.00 bits per heavy atom. The van der Waals surface area contributed by atoms with Crippen molar-refractivity contribution in [1.82, 2.24) is 4.57 Å². The van der Waals surface area contributed by atoms with Crippen LogP contribution in [0.25, 0.3) is 17.0 Å². The van der Waals surface area contributed by atoms with Gasteiger partial charge in [-0.05, 0) is 54.3 Å². The Balaban J connectivity index is 1.34. The van der Waals surface area contributed by atoms with E-state index in [2.05, 4.69) is 61.0 Å². The molecule has 4 aromatic rings. The Labute approximate surface area is 221 Å². The van der Waals surface area contributed by atoms with Crippen LogP contribution in [-0.4, -0.2) is 21.4 Å². The number of carbonyl (C=O) groups is 1. The molecular formula is C30H28N2O2S2. The number of amides is 1. The number of hydrogen-bond donors (Lipinski definition) is 0. The highest BCUT2D eigenvalue weighted by atomic mass is 32.2. The number of fused-ring (bicyclic) bond motifs is 1. The van der Waals surface area contributed by atoms with Crippen LogP contribution in [0.15, 0.2) is 90.0 Å². The van der Waals surface area contributed by atoms with Crippen LogP contribution in [0.5, 0.6) is 5.75 Å². The van der Waals surface area contributed by atoms with E-state index in [1.807, 2.05) is 48.5 Å². The summed E-state index contributed by atoms with van der Waals surface area (Å²) in [6.07, 6.45) is 5.17. The van der Waals surface area contributed by atoms with E-state index in [9.17, 15) is 4.79 Å². The van der Waals surface area contributed by atoms with Gasteiger partial charge < -0.3 is 9.30 Å². The molecule has 36 heavy (non-hydrogen) atoms. The number of thiocarbonyl (C=S) groups is 1. The summed E-state index contributed by atoms with van der Waals surface area (Å²) in [6, 6.07) is 26.2. The molecule has 0 bridgehead atoms. The highest BCUT2D eigenvalue weighted by molar-refractivity contribution is 8.27. The minimum atomic E-state index is -0.0859. The summed E-state index contributed by atoms with van der Waals surface area (Å²) in [7, 11) is 0. The van der Waals surface area contributed by atoms with Crippen molar-refractivity contribution in [3.63, 3.8) is 0 Å². The molecule has 5 rings (SSSR count). The van der Waals surface area contributed by atoms with Crippen molar-refractivity contribution in [2.75, 3.05) is 11.5 Å². The van der Waals surface area contributed by atoms with Crippen LogP contribution in [0.4, 0.5) is 5.69 Å². The zero-order valence-corrected chi connectivity index (χ0v) is 22.0. The lowest BCUT2D eigenvalue weighted by molar-refractivity contribution is -0.113. The second kappa shape index (κ2) is 10.7. The number of ether oxygens (including phenoxy) is 1. The molecule has 1 atom stereocenters. The maximum absolute atomic E-state index is 13.2. The summed E-state index contributed by atoms with van der Waals surface area (Å²) in [5.41, 5.74) is 4.24. The average molecular weight is 513 g/mol. The lowest BCUT2D eigenvalue weighted by Crippen LogP contribution is -2.27. The molecule has 2 heterocycles. The number of aromatic nitrogens is 1. The summed E-state index contributed by atoms with van der Waals surface area (Å²) < 4.78 is 8.78. The zero-order valence-electron chi connectivity index (χ0n) is 20.4. The van der Waals surface area contributed by atoms with E-state index in [1.54, 1.807) is 4.90 Å². The zero-order chi connectivity index (χ0) is 25.1. The number of anilines is 1. The first-order valence-electron chi connectivity index (χ1n) is 12.2. The first-order valence-corrected chi connectivity index (χ1v) is 13.4. The number of rotatable bonds is 8. The van der Waals surface area contributed by atoms with Gasteiger partial charge in [-0.2, -0.15) is 0 Å². The molecule has 1 aliphatic rings. The number of benzene rings is 3. The van der Waals surface area contributed by atoms with Crippen LogP contribution < -0.4 is 9.64 Å². The van der Waals surface area contributed by atoms with Crippen LogP contribution in [0.3, 0.4) is 0 Å². The van der Waals surface area contributed by atoms with Gasteiger partial charge in [0.25, 0.3) is 5.91 Å². The Morgan fingerprint density at radius 3 is 2.47 bits per heavy atom. The van der Waals surface area contributed by atoms with Crippen molar-refractivity contribution in [2.24, 2.45) is 0 Å². The topological polar surface area (TPSA) is 34.5 Å². The number of carbonyl (C=O) groups excluding carboxylic acids is 1. The van der Waals surface area contributed by atoms with Gasteiger partial charge in [-0.3, -0.25) is 9.69 Å². The first kappa shape index (κ1) is 24.3. The predicted octanol–water partition coefficient (Wildman–Crippen LogP) is 7.64. The molecule has 1 amide bonds. The van der Waals surface area contributed by atoms with E-state index in [4.69, 9.17) is 17.0 Å². The first-order chi connectivity index (χ1) is 17.5. The fourth-order valence-electron chi connectivity index (χ4n) is 4.37. The number of thioether (sulfide) groups is 1. The summed E-state index contributed by atoms with van der Waals surface area (Å²) in [5.74, 6) is 1.34. The molecule has 0 N–H and O–H groups in total. The van der Waals surface area contributed by atoms with E-state index >= 15 is 0 Å². The van der Waals surface area contributed by atoms with E-state index in [-0.39, 0.29) is 5.91 Å². The molecule has 0 spiro atoms. The van der Waals surface area contributed by atoms with Gasteiger partial charge in [0.2, 0.25) is 0 Å². The summed E-state index contributed by atoms with van der Waals surface area (Å²) in [4.78, 5) is 15.4. The molecule has 1 fully saturated rings. The van der Waals surface area contributed by atoms with Gasteiger partial charge in [0, 0.05) is 22.7 Å². The Morgan fingerprint density at radius 2 is 1.72 bits per heavy atom. The second-order valence-electron chi connectivity index (χ2n) is 8.87. The quantitative estimate of drug-likeness (QED) is 0.179. The van der Waals surface area contributed by atoms with Crippen molar-refractivity contribution in [3.8, 4) is 5.75 Å². The van der Waals surface area contributed by atoms with Crippen molar-refractivity contribution in [3.05, 3.63) is 101 Å². The van der Waals surface area contributed by atoms with Crippen molar-refractivity contribution >= 4 is 56.9 Å². The molecule has 1 aliphatic heterocycles. The Bertz CT molecular complexity index is 1420. The molecule has 3 aromatic carbocycles. The lowest BCUT2D eigenvalue weighted by atomic mass is 9.99. The molecule has 1 unspecified atom stereocenters. The van der Waals surface area contributed by atoms with Gasteiger partial charge in [-0.25, -0.2) is 0 Å². The summed E-state index contributed by atoms with van der Waals surface area (Å²) >= 11 is 6.88. The van der Waals surface area contributed by atoms with Crippen LogP contribution in [0, 0.1) is 0 Å². The fourth-order valence-corrected chi connectivity index (χ4v) is 5.66. The Hall–Kier alpha value is -3.35. The molecule has 182 valence electrons. The van der Waals surface area contributed by atoms with Gasteiger partial charge in [-0.1, -0.05) is 86.4 Å². The number of nitrogens with zero attached hydrogens (tertiary/aromatic N) is 2. The number of para-hydroxylation sites is 2. The van der Waals surface area contributed by atoms with Crippen LogP contribution in [0.1, 0.15) is 37.3 Å². The van der Waals surface area contributed by atoms with Crippen LogP contribution >= 0.6 is 24.0 Å². The third kappa shape index (κ3) is 4.97. The van der Waals surface area contributed by atoms with E-state index in [1.165, 1.54) is 17.3 Å². The minimum absolute atomic E-state index is 0.0859. The van der Waals surface area contributed by atoms with E-state index in [0.29, 0.717) is 28.3 Å². The van der Waals surface area contributed by atoms with Crippen molar-refractivity contribution < 1.29 is 9.53 Å². The van der Waals surface area contributed by atoms with Gasteiger partial charge in [-0.15, -0.1) is 0 Å². The standard InChI is InChI=1S/C30H28N2O2S2/c1-3-21(2)22-13-15-25(16-14-22)34-18-17-31-20-23(26-11-7-8-12-27(26)31)19-28-29(33)32(30(35)36-28)24-9-5-4-6-10-24/h4-16,19-21H,3,17-18H2,1-2H3/b28-19+. The smallest absolute Gasteiger partial charge is 0.270 e. The number of hydrogen-bond acceptors (Lipinski definition) is 4. The molecular weight excluding hydrogens is 484 g/mol. The molecule has 4 nitrogen and oxygen atoms in total. The summed E-state index contributed by atoms with van der Waals surface area (Å²) in [6.45, 7) is 5.70. The molecule has 0 saturated carbocycles. The average Bonchev–Trinajstić information content (AvgIpc) is 3.40. The summed E-state index contributed by atoms with van der Waals surface area (Å²) in [5, 5.41) is 1.10. The monoisotopic (exact) mass is 512 g/mol. The third-order valence-corrected chi connectivity index (χ3v) is 7.88. The molecule has 6 heteroatoms. The highest BCUT2D eigenvalue weighted by Crippen LogP contribution is 2.37. The van der Waals surface area contributed by atoms with Crippen molar-refractivity contribution in [1.29, 1.82) is 0 Å². The second-order valence-corrected chi connectivity index (χ2v) is 10.6. The third-order valence-electron chi connectivity index (χ3n) is 6.58. The lowest BCUT2D eigenvalue weighted by Gasteiger charge is -2.13. The van der Waals surface area contributed by atoms with E-state index < -0.39 is 0 Å². The minimum Gasteiger partial charge on any atom is -0.492 e. The molecule has 0 radical (unpaired) electrons. The molecule has 0 aliphatic carbocycles. The largest absolute Gasteiger partial charge is 0.492 e. The normalized spacial score (nSPS) is 15.7. The van der Waals surface area contributed by atoms with Crippen molar-refractivity contribution in [2.45, 2.75) is 32.7 Å². The van der Waals surface area contributed by atoms with Gasteiger partial charge >= 0.3 is 0 Å². The van der Waals surface area contributed by atoms with Gasteiger partial charge in [0.05, 0.1) is 17.1 Å². The predicted molar refractivity (Wildman–Crippen MR) is 155 cm³/mol. The van der Waals surface area contributed by atoms with E-state index in [0.717, 1.165) is 34.3 Å². The highest BCUT2D eigenvalue weighted by Gasteiger charge is 2.33.